The number of guanidine groups is 1. The average molecular weight is 372 g/mol. The van der Waals surface area contributed by atoms with Gasteiger partial charge in [0.2, 0.25) is 0 Å². The second kappa shape index (κ2) is 10.3. The van der Waals surface area contributed by atoms with Gasteiger partial charge >= 0.3 is 0 Å². The minimum Gasteiger partial charge on any atom is -0.381 e. The first-order valence-corrected chi connectivity index (χ1v) is 10.3. The molecule has 27 heavy (non-hydrogen) atoms. The first kappa shape index (κ1) is 19.7. The molecule has 0 saturated heterocycles. The number of aromatic nitrogens is 2. The first-order chi connectivity index (χ1) is 13.3. The van der Waals surface area contributed by atoms with Crippen molar-refractivity contribution in [2.45, 2.75) is 46.1 Å². The van der Waals surface area contributed by atoms with E-state index in [-0.39, 0.29) is 0 Å². The molecule has 6 heteroatoms. The van der Waals surface area contributed by atoms with Crippen molar-refractivity contribution in [3.63, 3.8) is 0 Å². The SMILES string of the molecule is CCNC(=NCCCn1c(C)nc2ccccc21)NCCCOCC1CC1. The van der Waals surface area contributed by atoms with Crippen LogP contribution in [0.1, 0.15) is 38.4 Å². The summed E-state index contributed by atoms with van der Waals surface area (Å²) in [7, 11) is 0. The van der Waals surface area contributed by atoms with Crippen LogP contribution in [0.3, 0.4) is 0 Å². The van der Waals surface area contributed by atoms with Crippen molar-refractivity contribution in [3.05, 3.63) is 30.1 Å². The minimum absolute atomic E-state index is 0.791. The van der Waals surface area contributed by atoms with Crippen molar-refractivity contribution in [2.75, 3.05) is 32.8 Å². The monoisotopic (exact) mass is 371 g/mol. The number of benzene rings is 1. The molecule has 0 bridgehead atoms. The van der Waals surface area contributed by atoms with Crippen LogP contribution in [0.4, 0.5) is 0 Å². The molecule has 3 rings (SSSR count). The number of aliphatic imine (C=N–C) groups is 1. The average Bonchev–Trinajstić information content (AvgIpc) is 3.44. The van der Waals surface area contributed by atoms with E-state index in [1.165, 1.54) is 18.4 Å². The maximum atomic E-state index is 5.68. The molecule has 0 aliphatic heterocycles. The molecule has 1 aliphatic carbocycles. The van der Waals surface area contributed by atoms with E-state index >= 15 is 0 Å². The Balaban J connectivity index is 1.39. The van der Waals surface area contributed by atoms with Crippen LogP contribution in [0.2, 0.25) is 0 Å². The van der Waals surface area contributed by atoms with Gasteiger partial charge in [0.25, 0.3) is 0 Å². The van der Waals surface area contributed by atoms with Gasteiger partial charge in [0.1, 0.15) is 5.82 Å². The highest BCUT2D eigenvalue weighted by Gasteiger charge is 2.20. The number of aryl methyl sites for hydroxylation is 2. The van der Waals surface area contributed by atoms with E-state index < -0.39 is 0 Å². The molecule has 0 amide bonds. The molecule has 1 fully saturated rings. The van der Waals surface area contributed by atoms with Crippen molar-refractivity contribution in [2.24, 2.45) is 10.9 Å². The lowest BCUT2D eigenvalue weighted by Gasteiger charge is -2.12. The number of para-hydroxylation sites is 2. The third-order valence-electron chi connectivity index (χ3n) is 4.81. The Morgan fingerprint density at radius 1 is 1.26 bits per heavy atom. The van der Waals surface area contributed by atoms with Crippen molar-refractivity contribution in [3.8, 4) is 0 Å². The third kappa shape index (κ3) is 6.24. The fourth-order valence-electron chi connectivity index (χ4n) is 3.16. The van der Waals surface area contributed by atoms with Crippen LogP contribution in [0.5, 0.6) is 0 Å². The van der Waals surface area contributed by atoms with Crippen LogP contribution in [-0.2, 0) is 11.3 Å². The van der Waals surface area contributed by atoms with Gasteiger partial charge in [0, 0.05) is 39.4 Å². The molecule has 1 heterocycles. The van der Waals surface area contributed by atoms with Crippen molar-refractivity contribution in [1.29, 1.82) is 0 Å². The lowest BCUT2D eigenvalue weighted by molar-refractivity contribution is 0.123. The Morgan fingerprint density at radius 2 is 2.11 bits per heavy atom. The lowest BCUT2D eigenvalue weighted by Crippen LogP contribution is -2.38. The van der Waals surface area contributed by atoms with Crippen molar-refractivity contribution < 1.29 is 4.74 Å². The zero-order chi connectivity index (χ0) is 18.9. The quantitative estimate of drug-likeness (QED) is 0.362. The zero-order valence-corrected chi connectivity index (χ0v) is 16.7. The number of ether oxygens (including phenoxy) is 1. The third-order valence-corrected chi connectivity index (χ3v) is 4.81. The van der Waals surface area contributed by atoms with Gasteiger partial charge in [0.05, 0.1) is 11.0 Å². The van der Waals surface area contributed by atoms with Crippen LogP contribution in [-0.4, -0.2) is 48.4 Å². The fourth-order valence-corrected chi connectivity index (χ4v) is 3.16. The predicted molar refractivity (Wildman–Crippen MR) is 111 cm³/mol. The van der Waals surface area contributed by atoms with Gasteiger partial charge in [-0.15, -0.1) is 0 Å². The molecular weight excluding hydrogens is 338 g/mol. The Hall–Kier alpha value is -2.08. The maximum absolute atomic E-state index is 5.68. The summed E-state index contributed by atoms with van der Waals surface area (Å²) in [6.45, 7) is 9.42. The summed E-state index contributed by atoms with van der Waals surface area (Å²) >= 11 is 0. The molecule has 1 aliphatic rings. The van der Waals surface area contributed by atoms with Crippen LogP contribution >= 0.6 is 0 Å². The maximum Gasteiger partial charge on any atom is 0.191 e. The molecule has 0 spiro atoms. The van der Waals surface area contributed by atoms with Gasteiger partial charge in [-0.3, -0.25) is 4.99 Å². The molecule has 1 aromatic heterocycles. The van der Waals surface area contributed by atoms with Gasteiger partial charge in [-0.1, -0.05) is 12.1 Å². The molecule has 0 radical (unpaired) electrons. The molecular formula is C21H33N5O. The summed E-state index contributed by atoms with van der Waals surface area (Å²) < 4.78 is 7.96. The van der Waals surface area contributed by atoms with E-state index in [9.17, 15) is 0 Å². The van der Waals surface area contributed by atoms with Gasteiger partial charge in [-0.2, -0.15) is 0 Å². The molecule has 0 unspecified atom stereocenters. The number of nitrogens with one attached hydrogen (secondary N) is 2. The van der Waals surface area contributed by atoms with E-state index in [1.54, 1.807) is 0 Å². The molecule has 1 aromatic carbocycles. The number of hydrogen-bond acceptors (Lipinski definition) is 3. The van der Waals surface area contributed by atoms with E-state index in [4.69, 9.17) is 9.73 Å². The first-order valence-electron chi connectivity index (χ1n) is 10.3. The summed E-state index contributed by atoms with van der Waals surface area (Å²) in [5.74, 6) is 2.80. The molecule has 2 N–H and O–H groups in total. The van der Waals surface area contributed by atoms with Gasteiger partial charge < -0.3 is 19.9 Å². The molecule has 148 valence electrons. The fraction of sp³-hybridized carbons (Fsp3) is 0.619. The second-order valence-electron chi connectivity index (χ2n) is 7.21. The number of hydrogen-bond donors (Lipinski definition) is 2. The molecule has 1 saturated carbocycles. The highest BCUT2D eigenvalue weighted by molar-refractivity contribution is 5.79. The minimum atomic E-state index is 0.791. The Bertz CT molecular complexity index is 735. The summed E-state index contributed by atoms with van der Waals surface area (Å²) in [6, 6.07) is 8.31. The van der Waals surface area contributed by atoms with Crippen LogP contribution < -0.4 is 10.6 Å². The second-order valence-corrected chi connectivity index (χ2v) is 7.21. The number of fused-ring (bicyclic) bond motifs is 1. The number of nitrogens with zero attached hydrogens (tertiary/aromatic N) is 3. The van der Waals surface area contributed by atoms with E-state index in [1.807, 2.05) is 6.07 Å². The molecule has 6 nitrogen and oxygen atoms in total. The van der Waals surface area contributed by atoms with E-state index in [0.29, 0.717) is 0 Å². The normalized spacial score (nSPS) is 14.7. The topological polar surface area (TPSA) is 63.5 Å². The summed E-state index contributed by atoms with van der Waals surface area (Å²) in [5, 5.41) is 6.71. The Labute approximate surface area is 162 Å². The van der Waals surface area contributed by atoms with Gasteiger partial charge in [-0.25, -0.2) is 4.98 Å². The highest BCUT2D eigenvalue weighted by Crippen LogP contribution is 2.28. The number of imidazole rings is 1. The van der Waals surface area contributed by atoms with Gasteiger partial charge in [0.15, 0.2) is 5.96 Å². The highest BCUT2D eigenvalue weighted by atomic mass is 16.5. The van der Waals surface area contributed by atoms with E-state index in [2.05, 4.69) is 52.2 Å². The van der Waals surface area contributed by atoms with Crippen molar-refractivity contribution in [1.82, 2.24) is 20.2 Å². The molecule has 0 atom stereocenters. The van der Waals surface area contributed by atoms with Crippen molar-refractivity contribution >= 4 is 17.0 Å². The predicted octanol–water partition coefficient (Wildman–Crippen LogP) is 3.11. The zero-order valence-electron chi connectivity index (χ0n) is 16.7. The van der Waals surface area contributed by atoms with E-state index in [0.717, 1.165) is 75.5 Å². The van der Waals surface area contributed by atoms with Crippen LogP contribution in [0, 0.1) is 12.8 Å². The lowest BCUT2D eigenvalue weighted by atomic mass is 10.3. The largest absolute Gasteiger partial charge is 0.381 e. The Kier molecular flexibility index (Phi) is 7.51. The summed E-state index contributed by atoms with van der Waals surface area (Å²) in [6.07, 6.45) is 4.70. The smallest absolute Gasteiger partial charge is 0.191 e. The summed E-state index contributed by atoms with van der Waals surface area (Å²) in [5.41, 5.74) is 2.27. The molecule has 2 aromatic rings. The van der Waals surface area contributed by atoms with Crippen LogP contribution in [0.15, 0.2) is 29.3 Å². The summed E-state index contributed by atoms with van der Waals surface area (Å²) in [4.78, 5) is 9.33. The number of rotatable bonds is 11. The van der Waals surface area contributed by atoms with Crippen LogP contribution in [0.25, 0.3) is 11.0 Å². The Morgan fingerprint density at radius 3 is 2.93 bits per heavy atom. The standard InChI is InChI=1S/C21H33N5O/c1-3-22-21(24-13-7-15-27-16-18-10-11-18)23-12-6-14-26-17(2)25-19-8-4-5-9-20(19)26/h4-5,8-9,18H,3,6-7,10-16H2,1-2H3,(H2,22,23,24). The van der Waals surface area contributed by atoms with Gasteiger partial charge in [-0.05, 0) is 57.6 Å².